The second kappa shape index (κ2) is 7.37. The van der Waals surface area contributed by atoms with Crippen LogP contribution < -0.4 is 4.74 Å². The Morgan fingerprint density at radius 1 is 1.19 bits per heavy atom. The molecule has 0 amide bonds. The Hall–Kier alpha value is -1.71. The third-order valence-electron chi connectivity index (χ3n) is 4.69. The number of ether oxygens (including phenoxy) is 1. The average Bonchev–Trinajstić information content (AvgIpc) is 2.84. The van der Waals surface area contributed by atoms with Crippen LogP contribution in [-0.4, -0.2) is 41.7 Å². The van der Waals surface area contributed by atoms with Crippen molar-refractivity contribution in [2.24, 2.45) is 7.05 Å². The lowest BCUT2D eigenvalue weighted by Crippen LogP contribution is -2.42. The predicted molar refractivity (Wildman–Crippen MR) is 96.5 cm³/mol. The van der Waals surface area contributed by atoms with Gasteiger partial charge < -0.3 is 4.74 Å². The lowest BCUT2D eigenvalue weighted by atomic mass is 10.1. The molecule has 148 valence electrons. The van der Waals surface area contributed by atoms with Crippen molar-refractivity contribution >= 4 is 21.6 Å². The highest BCUT2D eigenvalue weighted by atomic mass is 35.5. The van der Waals surface area contributed by atoms with Crippen LogP contribution in [-0.2, 0) is 17.1 Å². The molecule has 2 aromatic rings. The number of halogens is 3. The fourth-order valence-corrected chi connectivity index (χ4v) is 5.32. The van der Waals surface area contributed by atoms with Crippen LogP contribution in [0.25, 0.3) is 0 Å². The SMILES string of the molecule is Cc1nn(C)c(C)c1S(=O)(=O)N1CCC(Oc2c(F)cc(Cl)cc2F)CC1. The van der Waals surface area contributed by atoms with Gasteiger partial charge in [0.2, 0.25) is 10.0 Å². The van der Waals surface area contributed by atoms with Crippen molar-refractivity contribution in [3.63, 3.8) is 0 Å². The summed E-state index contributed by atoms with van der Waals surface area (Å²) in [5, 5.41) is 4.11. The maximum absolute atomic E-state index is 13.9. The van der Waals surface area contributed by atoms with Crippen molar-refractivity contribution in [1.82, 2.24) is 14.1 Å². The molecule has 1 aliphatic rings. The summed E-state index contributed by atoms with van der Waals surface area (Å²) < 4.78 is 62.0. The summed E-state index contributed by atoms with van der Waals surface area (Å²) >= 11 is 5.60. The first kappa shape index (κ1) is 20.0. The number of rotatable bonds is 4. The van der Waals surface area contributed by atoms with Gasteiger partial charge in [0.15, 0.2) is 17.4 Å². The van der Waals surface area contributed by atoms with E-state index < -0.39 is 33.5 Å². The molecule has 1 aliphatic heterocycles. The number of nitrogens with zero attached hydrogens (tertiary/aromatic N) is 3. The Morgan fingerprint density at radius 2 is 1.74 bits per heavy atom. The van der Waals surface area contributed by atoms with Gasteiger partial charge in [0.05, 0.1) is 11.4 Å². The fourth-order valence-electron chi connectivity index (χ4n) is 3.26. The van der Waals surface area contributed by atoms with E-state index in [1.807, 2.05) is 0 Å². The maximum atomic E-state index is 13.9. The number of aromatic nitrogens is 2. The molecule has 0 N–H and O–H groups in total. The molecule has 10 heteroatoms. The molecule has 0 spiro atoms. The van der Waals surface area contributed by atoms with E-state index in [9.17, 15) is 17.2 Å². The monoisotopic (exact) mass is 419 g/mol. The topological polar surface area (TPSA) is 64.4 Å². The van der Waals surface area contributed by atoms with Gasteiger partial charge in [-0.25, -0.2) is 17.2 Å². The van der Waals surface area contributed by atoms with Crippen LogP contribution in [0.1, 0.15) is 24.2 Å². The highest BCUT2D eigenvalue weighted by Crippen LogP contribution is 2.30. The molecular formula is C17H20ClF2N3O3S. The average molecular weight is 420 g/mol. The number of hydrogen-bond acceptors (Lipinski definition) is 4. The van der Waals surface area contributed by atoms with Crippen LogP contribution in [0.2, 0.25) is 5.02 Å². The van der Waals surface area contributed by atoms with Gasteiger partial charge in [-0.3, -0.25) is 4.68 Å². The smallest absolute Gasteiger partial charge is 0.246 e. The minimum atomic E-state index is -3.69. The van der Waals surface area contributed by atoms with Gasteiger partial charge in [-0.05, 0) is 38.8 Å². The number of aryl methyl sites for hydroxylation is 2. The lowest BCUT2D eigenvalue weighted by Gasteiger charge is -2.31. The molecule has 0 bridgehead atoms. The summed E-state index contributed by atoms with van der Waals surface area (Å²) in [6.07, 6.45) is 0.149. The van der Waals surface area contributed by atoms with Crippen molar-refractivity contribution in [2.75, 3.05) is 13.1 Å². The molecule has 1 aromatic carbocycles. The number of piperidine rings is 1. The Labute approximate surface area is 161 Å². The molecule has 0 saturated carbocycles. The molecule has 2 heterocycles. The molecule has 3 rings (SSSR count). The lowest BCUT2D eigenvalue weighted by molar-refractivity contribution is 0.124. The van der Waals surface area contributed by atoms with E-state index in [0.29, 0.717) is 24.2 Å². The summed E-state index contributed by atoms with van der Waals surface area (Å²) in [6.45, 7) is 3.74. The van der Waals surface area contributed by atoms with Crippen molar-refractivity contribution in [3.05, 3.63) is 40.2 Å². The van der Waals surface area contributed by atoms with Crippen molar-refractivity contribution in [3.8, 4) is 5.75 Å². The number of benzene rings is 1. The van der Waals surface area contributed by atoms with Gasteiger partial charge in [0.1, 0.15) is 11.0 Å². The van der Waals surface area contributed by atoms with Crippen molar-refractivity contribution in [1.29, 1.82) is 0 Å². The van der Waals surface area contributed by atoms with Crippen LogP contribution in [0, 0.1) is 25.5 Å². The second-order valence-corrected chi connectivity index (χ2v) is 8.85. The Kier molecular flexibility index (Phi) is 5.47. The summed E-state index contributed by atoms with van der Waals surface area (Å²) in [4.78, 5) is 0.208. The van der Waals surface area contributed by atoms with E-state index in [1.54, 1.807) is 20.9 Å². The van der Waals surface area contributed by atoms with Gasteiger partial charge in [-0.15, -0.1) is 0 Å². The zero-order valence-corrected chi connectivity index (χ0v) is 16.7. The van der Waals surface area contributed by atoms with E-state index >= 15 is 0 Å². The summed E-state index contributed by atoms with van der Waals surface area (Å²) in [5.74, 6) is -2.24. The van der Waals surface area contributed by atoms with Crippen LogP contribution >= 0.6 is 11.6 Å². The normalized spacial score (nSPS) is 16.7. The molecule has 0 radical (unpaired) electrons. The third-order valence-corrected chi connectivity index (χ3v) is 7.06. The van der Waals surface area contributed by atoms with Gasteiger partial charge >= 0.3 is 0 Å². The first-order chi connectivity index (χ1) is 12.6. The van der Waals surface area contributed by atoms with Crippen LogP contribution in [0.3, 0.4) is 0 Å². The number of sulfonamides is 1. The number of hydrogen-bond donors (Lipinski definition) is 0. The van der Waals surface area contributed by atoms with Crippen LogP contribution in [0.4, 0.5) is 8.78 Å². The molecular weight excluding hydrogens is 400 g/mol. The molecule has 1 aromatic heterocycles. The van der Waals surface area contributed by atoms with Crippen LogP contribution in [0.5, 0.6) is 5.75 Å². The van der Waals surface area contributed by atoms with Crippen molar-refractivity contribution in [2.45, 2.75) is 37.7 Å². The highest BCUT2D eigenvalue weighted by Gasteiger charge is 2.34. The molecule has 1 saturated heterocycles. The standard InChI is InChI=1S/C17H20ClF2N3O3S/c1-10-17(11(2)22(3)21-10)27(24,25)23-6-4-13(5-7-23)26-16-14(19)8-12(18)9-15(16)20/h8-9,13H,4-7H2,1-3H3. The van der Waals surface area contributed by atoms with E-state index in [0.717, 1.165) is 12.1 Å². The third kappa shape index (κ3) is 3.81. The maximum Gasteiger partial charge on any atom is 0.246 e. The van der Waals surface area contributed by atoms with Gasteiger partial charge in [-0.1, -0.05) is 11.6 Å². The van der Waals surface area contributed by atoms with E-state index in [2.05, 4.69) is 5.10 Å². The van der Waals surface area contributed by atoms with E-state index in [1.165, 1.54) is 8.99 Å². The minimum absolute atomic E-state index is 0.0551. The van der Waals surface area contributed by atoms with Crippen molar-refractivity contribution < 1.29 is 21.9 Å². The van der Waals surface area contributed by atoms with Gasteiger partial charge in [0, 0.05) is 25.2 Å². The molecule has 27 heavy (non-hydrogen) atoms. The predicted octanol–water partition coefficient (Wildman–Crippen LogP) is 3.20. The molecule has 0 unspecified atom stereocenters. The zero-order chi connectivity index (χ0) is 19.9. The zero-order valence-electron chi connectivity index (χ0n) is 15.2. The Balaban J connectivity index is 1.72. The summed E-state index contributed by atoms with van der Waals surface area (Å²) in [6, 6.07) is 1.96. The Bertz CT molecular complexity index is 947. The quantitative estimate of drug-likeness (QED) is 0.763. The molecule has 6 nitrogen and oxygen atoms in total. The first-order valence-electron chi connectivity index (χ1n) is 8.42. The molecule has 0 atom stereocenters. The van der Waals surface area contributed by atoms with Gasteiger partial charge in [-0.2, -0.15) is 9.40 Å². The second-order valence-electron chi connectivity index (χ2n) is 6.54. The van der Waals surface area contributed by atoms with E-state index in [-0.39, 0.29) is 23.0 Å². The minimum Gasteiger partial charge on any atom is -0.484 e. The summed E-state index contributed by atoms with van der Waals surface area (Å²) in [7, 11) is -2.00. The molecule has 0 aliphatic carbocycles. The largest absolute Gasteiger partial charge is 0.484 e. The fraction of sp³-hybridized carbons (Fsp3) is 0.471. The van der Waals surface area contributed by atoms with Gasteiger partial charge in [0.25, 0.3) is 0 Å². The van der Waals surface area contributed by atoms with Crippen LogP contribution in [0.15, 0.2) is 17.0 Å². The summed E-state index contributed by atoms with van der Waals surface area (Å²) in [5.41, 5.74) is 1.01. The van der Waals surface area contributed by atoms with E-state index in [4.69, 9.17) is 16.3 Å². The Morgan fingerprint density at radius 3 is 2.22 bits per heavy atom. The first-order valence-corrected chi connectivity index (χ1v) is 10.2. The highest BCUT2D eigenvalue weighted by molar-refractivity contribution is 7.89. The molecule has 1 fully saturated rings.